The van der Waals surface area contributed by atoms with E-state index in [2.05, 4.69) is 9.97 Å². The predicted molar refractivity (Wildman–Crippen MR) is 60.6 cm³/mol. The van der Waals surface area contributed by atoms with E-state index in [1.165, 1.54) is 0 Å². The van der Waals surface area contributed by atoms with Crippen molar-refractivity contribution in [2.45, 2.75) is 13.8 Å². The molecule has 0 aromatic carbocycles. The van der Waals surface area contributed by atoms with E-state index in [0.29, 0.717) is 17.6 Å². The van der Waals surface area contributed by atoms with Crippen molar-refractivity contribution in [2.75, 3.05) is 27.2 Å². The molecule has 0 atom stereocenters. The standard InChI is InChI=1S/C10H16ClN3O/c1-7-8(2)13-10(9(11)12-7)15-6-5-14(3)4/h5-6H2,1-4H3. The molecule has 0 N–H and O–H groups in total. The molecule has 0 saturated heterocycles. The molecule has 0 unspecified atom stereocenters. The Hall–Kier alpha value is -0.870. The van der Waals surface area contributed by atoms with E-state index in [1.807, 2.05) is 32.8 Å². The van der Waals surface area contributed by atoms with Gasteiger partial charge >= 0.3 is 0 Å². The molecule has 0 fully saturated rings. The lowest BCUT2D eigenvalue weighted by Gasteiger charge is -2.11. The molecular formula is C10H16ClN3O. The lowest BCUT2D eigenvalue weighted by Crippen LogP contribution is -2.20. The Labute approximate surface area is 95.2 Å². The van der Waals surface area contributed by atoms with Gasteiger partial charge in [0.25, 0.3) is 5.88 Å². The van der Waals surface area contributed by atoms with Crippen LogP contribution < -0.4 is 4.74 Å². The summed E-state index contributed by atoms with van der Waals surface area (Å²) in [6, 6.07) is 0. The average Bonchev–Trinajstić information content (AvgIpc) is 2.13. The number of hydrogen-bond acceptors (Lipinski definition) is 4. The minimum Gasteiger partial charge on any atom is -0.474 e. The highest BCUT2D eigenvalue weighted by molar-refractivity contribution is 6.30. The van der Waals surface area contributed by atoms with E-state index >= 15 is 0 Å². The van der Waals surface area contributed by atoms with Crippen LogP contribution in [0.2, 0.25) is 5.15 Å². The van der Waals surface area contributed by atoms with Crippen LogP contribution in [0.3, 0.4) is 0 Å². The number of likely N-dealkylation sites (N-methyl/N-ethyl adjacent to an activating group) is 1. The van der Waals surface area contributed by atoms with Crippen LogP contribution in [0.1, 0.15) is 11.4 Å². The lowest BCUT2D eigenvalue weighted by molar-refractivity contribution is 0.252. The fourth-order valence-corrected chi connectivity index (χ4v) is 1.20. The van der Waals surface area contributed by atoms with Crippen molar-refractivity contribution in [2.24, 2.45) is 0 Å². The van der Waals surface area contributed by atoms with Crippen LogP contribution in [-0.2, 0) is 0 Å². The van der Waals surface area contributed by atoms with Gasteiger partial charge in [-0.3, -0.25) is 0 Å². The maximum absolute atomic E-state index is 5.90. The Kier molecular flexibility index (Phi) is 4.29. The van der Waals surface area contributed by atoms with Gasteiger partial charge in [0.2, 0.25) is 0 Å². The number of rotatable bonds is 4. The zero-order chi connectivity index (χ0) is 11.4. The largest absolute Gasteiger partial charge is 0.474 e. The second kappa shape index (κ2) is 5.28. The summed E-state index contributed by atoms with van der Waals surface area (Å²) in [6.07, 6.45) is 0. The van der Waals surface area contributed by atoms with E-state index in [4.69, 9.17) is 16.3 Å². The van der Waals surface area contributed by atoms with Gasteiger partial charge in [0.1, 0.15) is 6.61 Å². The first-order valence-corrected chi connectivity index (χ1v) is 5.16. The third-order valence-electron chi connectivity index (χ3n) is 2.01. The molecule has 0 bridgehead atoms. The Morgan fingerprint density at radius 2 is 1.80 bits per heavy atom. The molecular weight excluding hydrogens is 214 g/mol. The average molecular weight is 230 g/mol. The van der Waals surface area contributed by atoms with Gasteiger partial charge < -0.3 is 9.64 Å². The Morgan fingerprint density at radius 1 is 1.20 bits per heavy atom. The molecule has 1 aromatic heterocycles. The van der Waals surface area contributed by atoms with Crippen molar-refractivity contribution in [3.63, 3.8) is 0 Å². The second-order valence-electron chi connectivity index (χ2n) is 3.64. The van der Waals surface area contributed by atoms with Gasteiger partial charge in [-0.2, -0.15) is 0 Å². The van der Waals surface area contributed by atoms with Gasteiger partial charge in [0.15, 0.2) is 5.15 Å². The minimum atomic E-state index is 0.330. The fraction of sp³-hybridized carbons (Fsp3) is 0.600. The summed E-state index contributed by atoms with van der Waals surface area (Å²) in [5, 5.41) is 0.330. The molecule has 0 aliphatic rings. The van der Waals surface area contributed by atoms with Crippen LogP contribution in [0.4, 0.5) is 0 Å². The molecule has 15 heavy (non-hydrogen) atoms. The van der Waals surface area contributed by atoms with Gasteiger partial charge in [-0.15, -0.1) is 0 Å². The Morgan fingerprint density at radius 3 is 2.40 bits per heavy atom. The zero-order valence-electron chi connectivity index (χ0n) is 9.54. The first kappa shape index (κ1) is 12.2. The molecule has 1 aromatic rings. The van der Waals surface area contributed by atoms with Crippen LogP contribution in [0.5, 0.6) is 5.88 Å². The minimum absolute atomic E-state index is 0.330. The maximum atomic E-state index is 5.90. The first-order valence-electron chi connectivity index (χ1n) is 4.79. The zero-order valence-corrected chi connectivity index (χ0v) is 10.3. The first-order chi connectivity index (χ1) is 7.00. The number of nitrogens with zero attached hydrogens (tertiary/aromatic N) is 3. The van der Waals surface area contributed by atoms with E-state index in [-0.39, 0.29) is 0 Å². The van der Waals surface area contributed by atoms with E-state index in [1.54, 1.807) is 0 Å². The van der Waals surface area contributed by atoms with Crippen molar-refractivity contribution in [3.05, 3.63) is 16.5 Å². The SMILES string of the molecule is Cc1nc(Cl)c(OCCN(C)C)nc1C. The van der Waals surface area contributed by atoms with Crippen LogP contribution in [0.25, 0.3) is 0 Å². The van der Waals surface area contributed by atoms with Crippen LogP contribution in [0.15, 0.2) is 0 Å². The van der Waals surface area contributed by atoms with E-state index in [9.17, 15) is 0 Å². The Bertz CT molecular complexity index is 342. The summed E-state index contributed by atoms with van der Waals surface area (Å²) in [6.45, 7) is 5.14. The monoisotopic (exact) mass is 229 g/mol. The highest BCUT2D eigenvalue weighted by atomic mass is 35.5. The van der Waals surface area contributed by atoms with Gasteiger partial charge in [0.05, 0.1) is 11.4 Å². The molecule has 0 aliphatic carbocycles. The third-order valence-corrected chi connectivity index (χ3v) is 2.26. The normalized spacial score (nSPS) is 10.8. The molecule has 0 spiro atoms. The van der Waals surface area contributed by atoms with E-state index in [0.717, 1.165) is 17.9 Å². The molecule has 0 radical (unpaired) electrons. The Balaban J connectivity index is 2.65. The molecule has 1 rings (SSSR count). The summed E-state index contributed by atoms with van der Waals surface area (Å²) in [5.74, 6) is 0.418. The number of aryl methyl sites for hydroxylation is 2. The van der Waals surface area contributed by atoms with Gasteiger partial charge in [0, 0.05) is 6.54 Å². The molecule has 0 aliphatic heterocycles. The van der Waals surface area contributed by atoms with Gasteiger partial charge in [-0.25, -0.2) is 9.97 Å². The number of hydrogen-bond donors (Lipinski definition) is 0. The van der Waals surface area contributed by atoms with Gasteiger partial charge in [-0.05, 0) is 27.9 Å². The quantitative estimate of drug-likeness (QED) is 0.788. The fourth-order valence-electron chi connectivity index (χ4n) is 0.972. The molecule has 5 heteroatoms. The maximum Gasteiger partial charge on any atom is 0.252 e. The van der Waals surface area contributed by atoms with Crippen LogP contribution in [0, 0.1) is 13.8 Å². The molecule has 0 saturated carbocycles. The molecule has 84 valence electrons. The highest BCUT2D eigenvalue weighted by Gasteiger charge is 2.07. The van der Waals surface area contributed by atoms with Crippen molar-refractivity contribution < 1.29 is 4.74 Å². The van der Waals surface area contributed by atoms with Crippen LogP contribution in [-0.4, -0.2) is 42.1 Å². The van der Waals surface area contributed by atoms with Crippen LogP contribution >= 0.6 is 11.6 Å². The highest BCUT2D eigenvalue weighted by Crippen LogP contribution is 2.20. The smallest absolute Gasteiger partial charge is 0.252 e. The summed E-state index contributed by atoms with van der Waals surface area (Å²) in [4.78, 5) is 10.4. The van der Waals surface area contributed by atoms with E-state index < -0.39 is 0 Å². The predicted octanol–water partition coefficient (Wildman–Crippen LogP) is 1.69. The number of ether oxygens (including phenoxy) is 1. The summed E-state index contributed by atoms with van der Waals surface area (Å²) >= 11 is 5.90. The topological polar surface area (TPSA) is 38.2 Å². The van der Waals surface area contributed by atoms with Crippen molar-refractivity contribution in [1.82, 2.24) is 14.9 Å². The van der Waals surface area contributed by atoms with Crippen molar-refractivity contribution in [1.29, 1.82) is 0 Å². The van der Waals surface area contributed by atoms with Gasteiger partial charge in [-0.1, -0.05) is 11.6 Å². The number of halogens is 1. The number of aromatic nitrogens is 2. The molecule has 4 nitrogen and oxygen atoms in total. The second-order valence-corrected chi connectivity index (χ2v) is 4.00. The third kappa shape index (κ3) is 3.64. The summed E-state index contributed by atoms with van der Waals surface area (Å²) < 4.78 is 5.44. The van der Waals surface area contributed by atoms with Crippen molar-refractivity contribution >= 4 is 11.6 Å². The lowest BCUT2D eigenvalue weighted by atomic mass is 10.3. The molecule has 0 amide bonds. The summed E-state index contributed by atoms with van der Waals surface area (Å²) in [5.41, 5.74) is 1.68. The molecule has 1 heterocycles. The summed E-state index contributed by atoms with van der Waals surface area (Å²) in [7, 11) is 3.97. The van der Waals surface area contributed by atoms with Crippen molar-refractivity contribution in [3.8, 4) is 5.88 Å².